The van der Waals surface area contributed by atoms with E-state index in [1.54, 1.807) is 23.5 Å². The summed E-state index contributed by atoms with van der Waals surface area (Å²) >= 11 is 1.69. The van der Waals surface area contributed by atoms with Crippen molar-refractivity contribution < 1.29 is 5.11 Å². The molecule has 4 aromatic rings. The Balaban J connectivity index is 1.69. The maximum atomic E-state index is 9.52. The number of imidazole rings is 1. The van der Waals surface area contributed by atoms with Crippen LogP contribution in [0, 0.1) is 0 Å². The van der Waals surface area contributed by atoms with Gasteiger partial charge in [0.15, 0.2) is 0 Å². The number of nitrogens with one attached hydrogen (secondary N) is 1. The average molecular weight is 346 g/mol. The van der Waals surface area contributed by atoms with E-state index in [9.17, 15) is 5.11 Å². The maximum absolute atomic E-state index is 9.52. The fraction of sp³-hybridized carbons (Fsp3) is 0.0952. The molecule has 0 aliphatic rings. The van der Waals surface area contributed by atoms with Gasteiger partial charge >= 0.3 is 0 Å². The minimum Gasteiger partial charge on any atom is -0.508 e. The van der Waals surface area contributed by atoms with E-state index >= 15 is 0 Å². The highest BCUT2D eigenvalue weighted by Gasteiger charge is 2.19. The molecule has 0 fully saturated rings. The van der Waals surface area contributed by atoms with Gasteiger partial charge in [-0.1, -0.05) is 48.5 Å². The maximum Gasteiger partial charge on any atom is 0.115 e. The van der Waals surface area contributed by atoms with Gasteiger partial charge in [-0.2, -0.15) is 0 Å². The molecule has 0 saturated carbocycles. The minimum absolute atomic E-state index is 0.138. The number of aromatic nitrogens is 2. The summed E-state index contributed by atoms with van der Waals surface area (Å²) in [5, 5.41) is 11.6. The molecule has 4 heteroatoms. The predicted molar refractivity (Wildman–Crippen MR) is 102 cm³/mol. The zero-order valence-corrected chi connectivity index (χ0v) is 14.4. The van der Waals surface area contributed by atoms with Crippen molar-refractivity contribution in [3.05, 3.63) is 95.3 Å². The summed E-state index contributed by atoms with van der Waals surface area (Å²) in [7, 11) is 0. The molecule has 2 aromatic carbocycles. The first kappa shape index (κ1) is 15.7. The van der Waals surface area contributed by atoms with E-state index in [-0.39, 0.29) is 11.7 Å². The lowest BCUT2D eigenvalue weighted by Crippen LogP contribution is -2.07. The van der Waals surface area contributed by atoms with Crippen molar-refractivity contribution in [2.45, 2.75) is 12.3 Å². The van der Waals surface area contributed by atoms with Gasteiger partial charge in [0.25, 0.3) is 0 Å². The van der Waals surface area contributed by atoms with E-state index in [1.807, 2.05) is 30.5 Å². The number of phenolic OH excluding ortho intramolecular Hbond substituents is 1. The molecule has 4 rings (SSSR count). The SMILES string of the molecule is Oc1ccc(CC(c2ccccc2)c2nc(-c3cccs3)c[nH]2)cc1. The molecule has 2 aromatic heterocycles. The second kappa shape index (κ2) is 6.95. The van der Waals surface area contributed by atoms with Gasteiger partial charge in [-0.15, -0.1) is 11.3 Å². The second-order valence-corrected chi connectivity index (χ2v) is 6.93. The summed E-state index contributed by atoms with van der Waals surface area (Å²) in [4.78, 5) is 9.38. The van der Waals surface area contributed by atoms with Crippen LogP contribution in [0.5, 0.6) is 5.75 Å². The third-order valence-corrected chi connectivity index (χ3v) is 5.17. The molecule has 0 spiro atoms. The van der Waals surface area contributed by atoms with Crippen LogP contribution in [0.1, 0.15) is 22.9 Å². The molecule has 0 aliphatic heterocycles. The van der Waals surface area contributed by atoms with Crippen molar-refractivity contribution in [3.63, 3.8) is 0 Å². The van der Waals surface area contributed by atoms with Gasteiger partial charge in [-0.25, -0.2) is 4.98 Å². The van der Waals surface area contributed by atoms with E-state index in [0.29, 0.717) is 0 Å². The molecule has 3 nitrogen and oxygen atoms in total. The molecule has 2 N–H and O–H groups in total. The Hall–Kier alpha value is -2.85. The van der Waals surface area contributed by atoms with E-state index in [2.05, 4.69) is 40.7 Å². The summed E-state index contributed by atoms with van der Waals surface area (Å²) in [6.07, 6.45) is 2.80. The number of aromatic amines is 1. The first-order valence-corrected chi connectivity index (χ1v) is 9.09. The Kier molecular flexibility index (Phi) is 4.36. The Labute approximate surface area is 150 Å². The largest absolute Gasteiger partial charge is 0.508 e. The van der Waals surface area contributed by atoms with E-state index in [1.165, 1.54) is 16.0 Å². The number of nitrogens with zero attached hydrogens (tertiary/aromatic N) is 1. The van der Waals surface area contributed by atoms with Crippen LogP contribution in [0.2, 0.25) is 0 Å². The molecule has 1 atom stereocenters. The third-order valence-electron chi connectivity index (χ3n) is 4.28. The van der Waals surface area contributed by atoms with E-state index < -0.39 is 0 Å². The normalized spacial score (nSPS) is 12.2. The van der Waals surface area contributed by atoms with Crippen LogP contribution in [0.25, 0.3) is 10.6 Å². The predicted octanol–water partition coefficient (Wildman–Crippen LogP) is 5.22. The van der Waals surface area contributed by atoms with Crippen molar-refractivity contribution in [2.75, 3.05) is 0 Å². The Morgan fingerprint density at radius 1 is 0.960 bits per heavy atom. The summed E-state index contributed by atoms with van der Waals surface area (Å²) < 4.78 is 0. The zero-order chi connectivity index (χ0) is 17.1. The lowest BCUT2D eigenvalue weighted by molar-refractivity contribution is 0.475. The van der Waals surface area contributed by atoms with Gasteiger partial charge in [-0.3, -0.25) is 0 Å². The van der Waals surface area contributed by atoms with Crippen molar-refractivity contribution in [1.29, 1.82) is 0 Å². The molecule has 0 radical (unpaired) electrons. The Bertz CT molecular complexity index is 928. The minimum atomic E-state index is 0.138. The molecular formula is C21H18N2OS. The molecule has 1 unspecified atom stereocenters. The number of phenols is 1. The molecule has 0 bridgehead atoms. The fourth-order valence-electron chi connectivity index (χ4n) is 2.99. The molecule has 124 valence electrons. The van der Waals surface area contributed by atoms with E-state index in [4.69, 9.17) is 4.98 Å². The lowest BCUT2D eigenvalue weighted by atomic mass is 9.91. The topological polar surface area (TPSA) is 48.9 Å². The number of aromatic hydroxyl groups is 1. The summed E-state index contributed by atoms with van der Waals surface area (Å²) in [6, 6.07) is 21.9. The zero-order valence-electron chi connectivity index (χ0n) is 13.6. The van der Waals surface area contributed by atoms with Gasteiger partial charge in [-0.05, 0) is 41.1 Å². The number of H-pyrrole nitrogens is 1. The first-order valence-electron chi connectivity index (χ1n) is 8.21. The number of thiophene rings is 1. The standard InChI is InChI=1S/C21H18N2OS/c24-17-10-8-15(9-11-17)13-18(16-5-2-1-3-6-16)21-22-14-19(23-21)20-7-4-12-25-20/h1-12,14,18,24H,13H2,(H,22,23). The number of benzene rings is 2. The average Bonchev–Trinajstić information content (AvgIpc) is 3.33. The van der Waals surface area contributed by atoms with Crippen molar-refractivity contribution >= 4 is 11.3 Å². The molecule has 0 amide bonds. The van der Waals surface area contributed by atoms with Crippen LogP contribution in [0.15, 0.2) is 78.3 Å². The number of hydrogen-bond donors (Lipinski definition) is 2. The summed E-state index contributed by atoms with van der Waals surface area (Å²) in [5.74, 6) is 1.39. The summed E-state index contributed by atoms with van der Waals surface area (Å²) in [5.41, 5.74) is 3.38. The van der Waals surface area contributed by atoms with Gasteiger partial charge < -0.3 is 10.1 Å². The first-order chi connectivity index (χ1) is 12.3. The van der Waals surface area contributed by atoms with Crippen molar-refractivity contribution in [1.82, 2.24) is 9.97 Å². The number of hydrogen-bond acceptors (Lipinski definition) is 3. The van der Waals surface area contributed by atoms with Crippen LogP contribution in [-0.4, -0.2) is 15.1 Å². The molecule has 25 heavy (non-hydrogen) atoms. The summed E-state index contributed by atoms with van der Waals surface area (Å²) in [6.45, 7) is 0. The monoisotopic (exact) mass is 346 g/mol. The molecule has 0 aliphatic carbocycles. The van der Waals surface area contributed by atoms with Gasteiger partial charge in [0, 0.05) is 12.1 Å². The van der Waals surface area contributed by atoms with Gasteiger partial charge in [0.05, 0.1) is 10.6 Å². The van der Waals surface area contributed by atoms with Crippen LogP contribution in [-0.2, 0) is 6.42 Å². The highest BCUT2D eigenvalue weighted by molar-refractivity contribution is 7.13. The van der Waals surface area contributed by atoms with Crippen molar-refractivity contribution in [3.8, 4) is 16.3 Å². The molecule has 0 saturated heterocycles. The molecule has 2 heterocycles. The Morgan fingerprint density at radius 3 is 2.48 bits per heavy atom. The van der Waals surface area contributed by atoms with E-state index in [0.717, 1.165) is 17.9 Å². The van der Waals surface area contributed by atoms with Gasteiger partial charge in [0.1, 0.15) is 11.6 Å². The second-order valence-electron chi connectivity index (χ2n) is 5.98. The smallest absolute Gasteiger partial charge is 0.115 e. The van der Waals surface area contributed by atoms with Crippen LogP contribution in [0.4, 0.5) is 0 Å². The highest BCUT2D eigenvalue weighted by atomic mass is 32.1. The molecular weight excluding hydrogens is 328 g/mol. The van der Waals surface area contributed by atoms with Crippen LogP contribution < -0.4 is 0 Å². The fourth-order valence-corrected chi connectivity index (χ4v) is 3.68. The van der Waals surface area contributed by atoms with Crippen LogP contribution in [0.3, 0.4) is 0 Å². The number of rotatable bonds is 5. The quantitative estimate of drug-likeness (QED) is 0.520. The third kappa shape index (κ3) is 3.49. The van der Waals surface area contributed by atoms with Crippen molar-refractivity contribution in [2.24, 2.45) is 0 Å². The Morgan fingerprint density at radius 2 is 1.76 bits per heavy atom. The van der Waals surface area contributed by atoms with Gasteiger partial charge in [0.2, 0.25) is 0 Å². The van der Waals surface area contributed by atoms with Crippen LogP contribution >= 0.6 is 11.3 Å². The highest BCUT2D eigenvalue weighted by Crippen LogP contribution is 2.30. The lowest BCUT2D eigenvalue weighted by Gasteiger charge is -2.15.